The summed E-state index contributed by atoms with van der Waals surface area (Å²) in [6, 6.07) is 25.5. The molecule has 3 aromatic carbocycles. The summed E-state index contributed by atoms with van der Waals surface area (Å²) in [6.07, 6.45) is 1.21. The first-order valence-electron chi connectivity index (χ1n) is 12.4. The third-order valence-corrected chi connectivity index (χ3v) is 7.25. The second-order valence-corrected chi connectivity index (χ2v) is 9.55. The average molecular weight is 485 g/mol. The van der Waals surface area contributed by atoms with Crippen molar-refractivity contribution in [3.8, 4) is 0 Å². The Balaban J connectivity index is 1.33. The van der Waals surface area contributed by atoms with E-state index in [1.54, 1.807) is 0 Å². The molecule has 2 aliphatic rings. The summed E-state index contributed by atoms with van der Waals surface area (Å²) >= 11 is 0. The Morgan fingerprint density at radius 2 is 1.64 bits per heavy atom. The number of likely N-dealkylation sites (tertiary alicyclic amines) is 1. The van der Waals surface area contributed by atoms with E-state index >= 15 is 0 Å². The predicted molar refractivity (Wildman–Crippen MR) is 140 cm³/mol. The lowest BCUT2D eigenvalue weighted by Crippen LogP contribution is -2.51. The molecule has 1 unspecified atom stereocenters. The third-order valence-electron chi connectivity index (χ3n) is 7.25. The Hall–Kier alpha value is -3.84. The number of hydrogen-bond acceptors (Lipinski definition) is 6. The number of nitrogens with one attached hydrogen (secondary N) is 1. The quantitative estimate of drug-likeness (QED) is 0.405. The van der Waals surface area contributed by atoms with Gasteiger partial charge in [-0.05, 0) is 35.4 Å². The molecule has 7 nitrogen and oxygen atoms in total. The molecule has 5 rings (SSSR count). The van der Waals surface area contributed by atoms with Crippen LogP contribution in [0.5, 0.6) is 0 Å². The van der Waals surface area contributed by atoms with Crippen molar-refractivity contribution in [2.45, 2.75) is 31.5 Å². The van der Waals surface area contributed by atoms with Gasteiger partial charge < -0.3 is 25.6 Å². The average Bonchev–Trinajstić information content (AvgIpc) is 2.90. The zero-order chi connectivity index (χ0) is 25.1. The van der Waals surface area contributed by atoms with Crippen LogP contribution in [0.2, 0.25) is 0 Å². The van der Waals surface area contributed by atoms with Gasteiger partial charge in [-0.2, -0.15) is 0 Å². The minimum absolute atomic E-state index is 0.0735. The van der Waals surface area contributed by atoms with Crippen molar-refractivity contribution in [1.82, 2.24) is 10.2 Å². The number of hydrogen-bond donors (Lipinski definition) is 2. The third kappa shape index (κ3) is 4.79. The van der Waals surface area contributed by atoms with E-state index < -0.39 is 5.60 Å². The normalized spacial score (nSPS) is 19.3. The van der Waals surface area contributed by atoms with Gasteiger partial charge in [-0.3, -0.25) is 9.59 Å². The largest absolute Gasteiger partial charge is 0.454 e. The first-order chi connectivity index (χ1) is 17.4. The van der Waals surface area contributed by atoms with Gasteiger partial charge in [-0.15, -0.1) is 0 Å². The summed E-state index contributed by atoms with van der Waals surface area (Å²) < 4.78 is 5.92. The number of piperidine rings is 1. The molecule has 3 aromatic rings. The number of amides is 1. The van der Waals surface area contributed by atoms with E-state index in [1.807, 2.05) is 78.9 Å². The number of nitrogen functional groups attached to an aromatic ring is 1. The molecule has 1 amide bonds. The Kier molecular flexibility index (Phi) is 6.65. The van der Waals surface area contributed by atoms with E-state index in [1.165, 1.54) is 6.92 Å². The van der Waals surface area contributed by atoms with Gasteiger partial charge in [0.1, 0.15) is 11.8 Å². The van der Waals surface area contributed by atoms with Crippen molar-refractivity contribution in [2.24, 2.45) is 0 Å². The number of carbonyl (C=O) groups is 2. The summed E-state index contributed by atoms with van der Waals surface area (Å²) in [5.41, 5.74) is 9.67. The number of nitrogens with two attached hydrogens (primary N) is 1. The minimum Gasteiger partial charge on any atom is -0.454 e. The van der Waals surface area contributed by atoms with Crippen molar-refractivity contribution >= 4 is 23.3 Å². The summed E-state index contributed by atoms with van der Waals surface area (Å²) in [5.74, 6) is -0.324. The van der Waals surface area contributed by atoms with Crippen molar-refractivity contribution in [3.05, 3.63) is 95.6 Å². The standard InChI is InChI=1S/C29H32N4O3/c1-21(34)36-29(23-7-3-2-4-8-23)15-17-32(18-16-29)19-20-33-26-10-6-5-9-25(26)28(35)31-27(33)22-11-13-24(30)14-12-22/h2-14,27H,15-20,30H2,1H3,(H,31,35). The highest BCUT2D eigenvalue weighted by Gasteiger charge is 2.39. The summed E-state index contributed by atoms with van der Waals surface area (Å²) in [7, 11) is 0. The zero-order valence-corrected chi connectivity index (χ0v) is 20.5. The predicted octanol–water partition coefficient (Wildman–Crippen LogP) is 4.07. The van der Waals surface area contributed by atoms with Gasteiger partial charge in [0.25, 0.3) is 5.91 Å². The Bertz CT molecular complexity index is 1220. The fourth-order valence-electron chi connectivity index (χ4n) is 5.38. The number of rotatable bonds is 6. The second-order valence-electron chi connectivity index (χ2n) is 9.55. The fraction of sp³-hybridized carbons (Fsp3) is 0.310. The molecule has 7 heteroatoms. The monoisotopic (exact) mass is 484 g/mol. The van der Waals surface area contributed by atoms with E-state index in [9.17, 15) is 9.59 Å². The second kappa shape index (κ2) is 10.0. The molecule has 36 heavy (non-hydrogen) atoms. The van der Waals surface area contributed by atoms with Crippen LogP contribution in [0.1, 0.15) is 47.4 Å². The van der Waals surface area contributed by atoms with Crippen LogP contribution in [0.3, 0.4) is 0 Å². The number of ether oxygens (including phenoxy) is 1. The number of anilines is 2. The van der Waals surface area contributed by atoms with Gasteiger partial charge in [0.15, 0.2) is 0 Å². The lowest BCUT2D eigenvalue weighted by atomic mass is 9.84. The minimum atomic E-state index is -0.582. The van der Waals surface area contributed by atoms with Gasteiger partial charge in [0, 0.05) is 51.6 Å². The van der Waals surface area contributed by atoms with Gasteiger partial charge in [0.2, 0.25) is 0 Å². The highest BCUT2D eigenvalue weighted by atomic mass is 16.6. The Morgan fingerprint density at radius 3 is 2.33 bits per heavy atom. The van der Waals surface area contributed by atoms with Crippen LogP contribution in [0, 0.1) is 0 Å². The molecule has 186 valence electrons. The molecule has 0 radical (unpaired) electrons. The highest BCUT2D eigenvalue weighted by Crippen LogP contribution is 2.38. The number of benzene rings is 3. The molecule has 2 heterocycles. The Morgan fingerprint density at radius 1 is 0.972 bits per heavy atom. The molecule has 0 aliphatic carbocycles. The van der Waals surface area contributed by atoms with Crippen molar-refractivity contribution in [1.29, 1.82) is 0 Å². The summed E-state index contributed by atoms with van der Waals surface area (Å²) in [6.45, 7) is 4.67. The van der Waals surface area contributed by atoms with Crippen LogP contribution in [0.15, 0.2) is 78.9 Å². The molecule has 0 saturated carbocycles. The number of para-hydroxylation sites is 1. The molecule has 3 N–H and O–H groups in total. The van der Waals surface area contributed by atoms with Gasteiger partial charge >= 0.3 is 5.97 Å². The van der Waals surface area contributed by atoms with E-state index in [0.717, 1.165) is 55.8 Å². The Labute approximate surface area is 211 Å². The molecule has 2 aliphatic heterocycles. The van der Waals surface area contributed by atoms with Crippen LogP contribution in [-0.4, -0.2) is 43.0 Å². The SMILES string of the molecule is CC(=O)OC1(c2ccccc2)CCN(CCN2c3ccccc3C(=O)NC2c2ccc(N)cc2)CC1. The lowest BCUT2D eigenvalue weighted by Gasteiger charge is -2.43. The first kappa shape index (κ1) is 23.9. The van der Waals surface area contributed by atoms with Gasteiger partial charge in [0.05, 0.1) is 11.3 Å². The van der Waals surface area contributed by atoms with Crippen molar-refractivity contribution in [2.75, 3.05) is 36.8 Å². The molecule has 0 bridgehead atoms. The number of carbonyl (C=O) groups excluding carboxylic acids is 2. The van der Waals surface area contributed by atoms with E-state index in [-0.39, 0.29) is 18.0 Å². The van der Waals surface area contributed by atoms with Crippen LogP contribution in [-0.2, 0) is 15.1 Å². The zero-order valence-electron chi connectivity index (χ0n) is 20.5. The molecule has 0 aromatic heterocycles. The van der Waals surface area contributed by atoms with Crippen LogP contribution in [0.25, 0.3) is 0 Å². The van der Waals surface area contributed by atoms with Crippen LogP contribution >= 0.6 is 0 Å². The summed E-state index contributed by atoms with van der Waals surface area (Å²) in [4.78, 5) is 29.5. The number of fused-ring (bicyclic) bond motifs is 1. The number of esters is 1. The molecule has 1 fully saturated rings. The topological polar surface area (TPSA) is 87.9 Å². The van der Waals surface area contributed by atoms with Crippen LogP contribution < -0.4 is 16.0 Å². The van der Waals surface area contributed by atoms with E-state index in [4.69, 9.17) is 10.5 Å². The van der Waals surface area contributed by atoms with Crippen molar-refractivity contribution < 1.29 is 14.3 Å². The highest BCUT2D eigenvalue weighted by molar-refractivity contribution is 6.02. The van der Waals surface area contributed by atoms with E-state index in [0.29, 0.717) is 11.3 Å². The maximum atomic E-state index is 12.9. The number of nitrogens with zero attached hydrogens (tertiary/aromatic N) is 2. The maximum absolute atomic E-state index is 12.9. The van der Waals surface area contributed by atoms with Gasteiger partial charge in [-0.25, -0.2) is 0 Å². The smallest absolute Gasteiger partial charge is 0.303 e. The van der Waals surface area contributed by atoms with Crippen molar-refractivity contribution in [3.63, 3.8) is 0 Å². The molecular weight excluding hydrogens is 452 g/mol. The molecular formula is C29H32N4O3. The lowest BCUT2D eigenvalue weighted by molar-refractivity contribution is -0.164. The summed E-state index contributed by atoms with van der Waals surface area (Å²) in [5, 5.41) is 3.17. The fourth-order valence-corrected chi connectivity index (χ4v) is 5.38. The van der Waals surface area contributed by atoms with Gasteiger partial charge in [-0.1, -0.05) is 54.6 Å². The maximum Gasteiger partial charge on any atom is 0.303 e. The molecule has 1 atom stereocenters. The first-order valence-corrected chi connectivity index (χ1v) is 12.4. The molecule has 1 saturated heterocycles. The van der Waals surface area contributed by atoms with E-state index in [2.05, 4.69) is 15.1 Å². The molecule has 0 spiro atoms. The van der Waals surface area contributed by atoms with Crippen LogP contribution in [0.4, 0.5) is 11.4 Å².